The lowest BCUT2D eigenvalue weighted by Crippen LogP contribution is -2.34. The molecule has 0 aliphatic carbocycles. The summed E-state index contributed by atoms with van der Waals surface area (Å²) >= 11 is 0. The van der Waals surface area contributed by atoms with Crippen molar-refractivity contribution in [2.45, 2.75) is 31.3 Å². The summed E-state index contributed by atoms with van der Waals surface area (Å²) in [5.74, 6) is -0.485. The second-order valence-corrected chi connectivity index (χ2v) is 8.89. The Balaban J connectivity index is 2.01. The number of benzene rings is 2. The fourth-order valence-electron chi connectivity index (χ4n) is 2.30. The van der Waals surface area contributed by atoms with Gasteiger partial charge in [-0.25, -0.2) is 8.42 Å². The van der Waals surface area contributed by atoms with Crippen molar-refractivity contribution in [1.82, 2.24) is 4.72 Å². The minimum Gasteiger partial charge on any atom is -0.497 e. The third kappa shape index (κ3) is 6.88. The Labute approximate surface area is 170 Å². The number of sulfonamides is 1. The van der Waals surface area contributed by atoms with Crippen molar-refractivity contribution in [1.29, 1.82) is 0 Å². The normalized spacial score (nSPS) is 11.6. The highest BCUT2D eigenvalue weighted by molar-refractivity contribution is 7.89. The van der Waals surface area contributed by atoms with Crippen LogP contribution in [0.4, 0.5) is 5.69 Å². The van der Waals surface area contributed by atoms with Gasteiger partial charge in [-0.15, -0.1) is 0 Å². The van der Waals surface area contributed by atoms with Gasteiger partial charge in [0.2, 0.25) is 10.0 Å². The first kappa shape index (κ1) is 22.4. The Morgan fingerprint density at radius 1 is 1.03 bits per heavy atom. The van der Waals surface area contributed by atoms with E-state index in [0.29, 0.717) is 17.0 Å². The van der Waals surface area contributed by atoms with E-state index in [9.17, 15) is 18.0 Å². The first-order chi connectivity index (χ1) is 13.5. The second-order valence-electron chi connectivity index (χ2n) is 7.12. The molecule has 9 heteroatoms. The van der Waals surface area contributed by atoms with Crippen molar-refractivity contribution in [2.24, 2.45) is 0 Å². The molecule has 0 heterocycles. The molecule has 8 nitrogen and oxygen atoms in total. The van der Waals surface area contributed by atoms with Gasteiger partial charge < -0.3 is 14.8 Å². The van der Waals surface area contributed by atoms with E-state index >= 15 is 0 Å². The molecule has 0 radical (unpaired) electrons. The highest BCUT2D eigenvalue weighted by Gasteiger charge is 2.20. The summed E-state index contributed by atoms with van der Waals surface area (Å²) in [5, 5.41) is 2.68. The van der Waals surface area contributed by atoms with Crippen LogP contribution in [0.1, 0.15) is 31.1 Å². The van der Waals surface area contributed by atoms with Gasteiger partial charge >= 0.3 is 5.97 Å². The van der Waals surface area contributed by atoms with Gasteiger partial charge in [-0.3, -0.25) is 9.59 Å². The van der Waals surface area contributed by atoms with Gasteiger partial charge in [0.1, 0.15) is 17.9 Å². The molecular formula is C20H24N2O6S. The molecule has 0 unspecified atom stereocenters. The Morgan fingerprint density at radius 3 is 2.28 bits per heavy atom. The first-order valence-corrected chi connectivity index (χ1v) is 10.3. The number of esters is 1. The standard InChI is InChI=1S/C20H24N2O6S/c1-20(2,3)28-18(23)13-21-29(25,26)17-10-8-15(9-11-17)22-19(24)14-6-5-7-16(12-14)27-4/h5-12,21H,13H2,1-4H3,(H,22,24). The number of ether oxygens (including phenoxy) is 2. The Kier molecular flexibility index (Phi) is 6.99. The molecule has 0 aliphatic heterocycles. The van der Waals surface area contributed by atoms with Crippen molar-refractivity contribution >= 4 is 27.6 Å². The van der Waals surface area contributed by atoms with Crippen molar-refractivity contribution in [2.75, 3.05) is 19.0 Å². The third-order valence-corrected chi connectivity index (χ3v) is 5.00. The van der Waals surface area contributed by atoms with Crippen LogP contribution in [0.2, 0.25) is 0 Å². The SMILES string of the molecule is COc1cccc(C(=O)Nc2ccc(S(=O)(=O)NCC(=O)OC(C)(C)C)cc2)c1. The van der Waals surface area contributed by atoms with Crippen LogP contribution in [0.3, 0.4) is 0 Å². The average Bonchev–Trinajstić information content (AvgIpc) is 2.65. The van der Waals surface area contributed by atoms with Crippen LogP contribution in [0.15, 0.2) is 53.4 Å². The predicted octanol–water partition coefficient (Wildman–Crippen LogP) is 2.57. The number of carbonyl (C=O) groups is 2. The van der Waals surface area contributed by atoms with E-state index in [-0.39, 0.29) is 10.8 Å². The molecule has 0 bridgehead atoms. The van der Waals surface area contributed by atoms with E-state index in [1.807, 2.05) is 0 Å². The number of anilines is 1. The molecule has 2 N–H and O–H groups in total. The van der Waals surface area contributed by atoms with Crippen LogP contribution >= 0.6 is 0 Å². The molecule has 0 fully saturated rings. The van der Waals surface area contributed by atoms with Gasteiger partial charge in [0.15, 0.2) is 0 Å². The van der Waals surface area contributed by atoms with Gasteiger partial charge in [0.25, 0.3) is 5.91 Å². The summed E-state index contributed by atoms with van der Waals surface area (Å²) in [6.45, 7) is 4.60. The van der Waals surface area contributed by atoms with Crippen LogP contribution in [0.5, 0.6) is 5.75 Å². The summed E-state index contributed by atoms with van der Waals surface area (Å²) in [7, 11) is -2.39. The number of amides is 1. The van der Waals surface area contributed by atoms with E-state index < -0.39 is 28.1 Å². The highest BCUT2D eigenvalue weighted by atomic mass is 32.2. The monoisotopic (exact) mass is 420 g/mol. The molecule has 29 heavy (non-hydrogen) atoms. The van der Waals surface area contributed by atoms with Gasteiger partial charge in [0, 0.05) is 11.3 Å². The molecule has 2 rings (SSSR count). The maximum Gasteiger partial charge on any atom is 0.321 e. The lowest BCUT2D eigenvalue weighted by molar-refractivity contribution is -0.153. The summed E-state index contributed by atoms with van der Waals surface area (Å²) in [4.78, 5) is 24.0. The lowest BCUT2D eigenvalue weighted by Gasteiger charge is -2.19. The van der Waals surface area contributed by atoms with E-state index in [1.54, 1.807) is 45.0 Å². The van der Waals surface area contributed by atoms with Crippen molar-refractivity contribution < 1.29 is 27.5 Å². The number of nitrogens with one attached hydrogen (secondary N) is 2. The molecule has 0 saturated heterocycles. The summed E-state index contributed by atoms with van der Waals surface area (Å²) in [6.07, 6.45) is 0. The first-order valence-electron chi connectivity index (χ1n) is 8.77. The van der Waals surface area contributed by atoms with Crippen molar-refractivity contribution in [3.63, 3.8) is 0 Å². The van der Waals surface area contributed by atoms with Gasteiger partial charge in [0.05, 0.1) is 12.0 Å². The smallest absolute Gasteiger partial charge is 0.321 e. The van der Waals surface area contributed by atoms with Gasteiger partial charge in [-0.2, -0.15) is 4.72 Å². The zero-order chi connectivity index (χ0) is 21.7. The maximum absolute atomic E-state index is 12.3. The Bertz CT molecular complexity index is 979. The van der Waals surface area contributed by atoms with Crippen LogP contribution in [-0.4, -0.2) is 39.5 Å². The topological polar surface area (TPSA) is 111 Å². The fraction of sp³-hybridized carbons (Fsp3) is 0.300. The summed E-state index contributed by atoms with van der Waals surface area (Å²) < 4.78 is 37.0. The second kappa shape index (κ2) is 9.06. The number of methoxy groups -OCH3 is 1. The number of carbonyl (C=O) groups excluding carboxylic acids is 2. The van der Waals surface area contributed by atoms with Crippen molar-refractivity contribution in [3.05, 3.63) is 54.1 Å². The fourth-order valence-corrected chi connectivity index (χ4v) is 3.27. The summed E-state index contributed by atoms with van der Waals surface area (Å²) in [6, 6.07) is 12.2. The Hall–Kier alpha value is -2.91. The van der Waals surface area contributed by atoms with E-state index in [1.165, 1.54) is 31.4 Å². The quantitative estimate of drug-likeness (QED) is 0.666. The van der Waals surface area contributed by atoms with E-state index in [0.717, 1.165) is 0 Å². The Morgan fingerprint density at radius 2 is 1.69 bits per heavy atom. The van der Waals surface area contributed by atoms with Crippen LogP contribution in [-0.2, 0) is 19.6 Å². The molecule has 0 aliphatic rings. The van der Waals surface area contributed by atoms with Crippen molar-refractivity contribution in [3.8, 4) is 5.75 Å². The molecule has 2 aromatic rings. The molecule has 156 valence electrons. The minimum atomic E-state index is -3.90. The predicted molar refractivity (Wildman–Crippen MR) is 108 cm³/mol. The average molecular weight is 420 g/mol. The number of rotatable bonds is 7. The molecule has 0 aromatic heterocycles. The van der Waals surface area contributed by atoms with Crippen LogP contribution < -0.4 is 14.8 Å². The van der Waals surface area contributed by atoms with Crippen LogP contribution in [0, 0.1) is 0 Å². The summed E-state index contributed by atoms with van der Waals surface area (Å²) in [5.41, 5.74) is 0.120. The molecule has 0 atom stereocenters. The number of hydrogen-bond donors (Lipinski definition) is 2. The van der Waals surface area contributed by atoms with E-state index in [4.69, 9.17) is 9.47 Å². The molecule has 2 aromatic carbocycles. The zero-order valence-corrected chi connectivity index (χ0v) is 17.5. The molecular weight excluding hydrogens is 396 g/mol. The lowest BCUT2D eigenvalue weighted by atomic mass is 10.2. The third-order valence-electron chi connectivity index (χ3n) is 3.58. The minimum absolute atomic E-state index is 0.0413. The van der Waals surface area contributed by atoms with Crippen LogP contribution in [0.25, 0.3) is 0 Å². The number of hydrogen-bond acceptors (Lipinski definition) is 6. The van der Waals surface area contributed by atoms with Gasteiger partial charge in [-0.1, -0.05) is 6.07 Å². The van der Waals surface area contributed by atoms with E-state index in [2.05, 4.69) is 10.0 Å². The molecule has 1 amide bonds. The van der Waals surface area contributed by atoms with Gasteiger partial charge in [-0.05, 0) is 63.2 Å². The maximum atomic E-state index is 12.3. The highest BCUT2D eigenvalue weighted by Crippen LogP contribution is 2.17. The largest absolute Gasteiger partial charge is 0.497 e. The molecule has 0 spiro atoms. The zero-order valence-electron chi connectivity index (χ0n) is 16.7. The molecule has 0 saturated carbocycles.